The number of halogens is 1. The van der Waals surface area contributed by atoms with Gasteiger partial charge >= 0.3 is 0 Å². The molecule has 0 saturated carbocycles. The van der Waals surface area contributed by atoms with Gasteiger partial charge in [-0.15, -0.1) is 0 Å². The van der Waals surface area contributed by atoms with E-state index in [2.05, 4.69) is 27.3 Å². The van der Waals surface area contributed by atoms with Crippen molar-refractivity contribution >= 4 is 44.9 Å². The molecule has 0 spiro atoms. The summed E-state index contributed by atoms with van der Waals surface area (Å²) in [5, 5.41) is 12.4. The predicted molar refractivity (Wildman–Crippen MR) is 186 cm³/mol. The van der Waals surface area contributed by atoms with Gasteiger partial charge in [-0.25, -0.2) is 4.99 Å². The van der Waals surface area contributed by atoms with Crippen molar-refractivity contribution in [2.45, 2.75) is 26.5 Å². The molecule has 0 bridgehead atoms. The lowest BCUT2D eigenvalue weighted by molar-refractivity contribution is -0.113. The highest BCUT2D eigenvalue weighted by atomic mass is 79.9. The number of aromatic nitrogens is 1. The lowest BCUT2D eigenvalue weighted by atomic mass is 9.95. The molecule has 10 heteroatoms. The summed E-state index contributed by atoms with van der Waals surface area (Å²) in [4.78, 5) is 33.2. The summed E-state index contributed by atoms with van der Waals surface area (Å²) in [6.07, 6.45) is 1.81. The normalized spacial score (nSPS) is 14.2. The van der Waals surface area contributed by atoms with E-state index in [0.717, 1.165) is 16.7 Å². The second-order valence-electron chi connectivity index (χ2n) is 10.7. The maximum absolute atomic E-state index is 14.1. The fourth-order valence-corrected chi connectivity index (χ4v) is 6.90. The zero-order chi connectivity index (χ0) is 32.9. The van der Waals surface area contributed by atoms with E-state index in [1.54, 1.807) is 17.6 Å². The maximum Gasteiger partial charge on any atom is 0.271 e. The first kappa shape index (κ1) is 31.7. The SMILES string of the molecule is CCOc1ccc([C@H]2C(C(=O)Nc3ccccc3)=C(C)N=c3s/c(=C/c4ccc(OCc5ccccc5C#N)c(Br)c4)c(=O)n32)cc1. The van der Waals surface area contributed by atoms with Crippen LogP contribution in [0.2, 0.25) is 0 Å². The number of para-hydroxylation sites is 1. The number of hydrogen-bond donors (Lipinski definition) is 1. The minimum absolute atomic E-state index is 0.241. The topological polar surface area (TPSA) is 106 Å². The predicted octanol–water partition coefficient (Wildman–Crippen LogP) is 6.49. The molecule has 1 aromatic heterocycles. The molecule has 2 heterocycles. The Balaban J connectivity index is 1.36. The highest BCUT2D eigenvalue weighted by Gasteiger charge is 2.32. The van der Waals surface area contributed by atoms with Crippen LogP contribution < -0.4 is 29.7 Å². The van der Waals surface area contributed by atoms with E-state index < -0.39 is 6.04 Å². The van der Waals surface area contributed by atoms with E-state index in [1.165, 1.54) is 11.3 Å². The van der Waals surface area contributed by atoms with E-state index in [4.69, 9.17) is 14.5 Å². The van der Waals surface area contributed by atoms with Crippen molar-refractivity contribution in [3.63, 3.8) is 0 Å². The molecule has 1 atom stereocenters. The Hall–Kier alpha value is -5.24. The third-order valence-electron chi connectivity index (χ3n) is 7.58. The van der Waals surface area contributed by atoms with Gasteiger partial charge in [0.2, 0.25) is 0 Å². The summed E-state index contributed by atoms with van der Waals surface area (Å²) < 4.78 is 14.4. The summed E-state index contributed by atoms with van der Waals surface area (Å²) in [6.45, 7) is 4.48. The molecule has 1 aliphatic rings. The zero-order valence-corrected chi connectivity index (χ0v) is 28.0. The number of anilines is 1. The average Bonchev–Trinajstić information content (AvgIpc) is 3.38. The van der Waals surface area contributed by atoms with Gasteiger partial charge in [-0.3, -0.25) is 14.2 Å². The van der Waals surface area contributed by atoms with Crippen LogP contribution in [0.3, 0.4) is 0 Å². The average molecular weight is 706 g/mol. The number of hydrogen-bond acceptors (Lipinski definition) is 7. The molecule has 1 aliphatic heterocycles. The van der Waals surface area contributed by atoms with Crippen molar-refractivity contribution in [3.8, 4) is 17.6 Å². The van der Waals surface area contributed by atoms with E-state index in [-0.39, 0.29) is 18.1 Å². The van der Waals surface area contributed by atoms with Crippen molar-refractivity contribution < 1.29 is 14.3 Å². The Labute approximate surface area is 283 Å². The maximum atomic E-state index is 14.1. The van der Waals surface area contributed by atoms with E-state index in [0.29, 0.717) is 54.4 Å². The summed E-state index contributed by atoms with van der Waals surface area (Å²) >= 11 is 4.86. The van der Waals surface area contributed by atoms with Crippen molar-refractivity contribution in [1.29, 1.82) is 5.26 Å². The minimum atomic E-state index is -0.702. The molecule has 47 heavy (non-hydrogen) atoms. The molecule has 5 aromatic rings. The van der Waals surface area contributed by atoms with Gasteiger partial charge in [0.1, 0.15) is 18.1 Å². The Morgan fingerprint density at radius 2 is 1.79 bits per heavy atom. The second kappa shape index (κ2) is 14.0. The first-order valence-corrected chi connectivity index (χ1v) is 16.5. The number of nitrogens with one attached hydrogen (secondary N) is 1. The Morgan fingerprint density at radius 1 is 1.04 bits per heavy atom. The van der Waals surface area contributed by atoms with E-state index >= 15 is 0 Å². The standard InChI is InChI=1S/C37H29BrN4O4S/c1-3-45-29-16-14-25(15-17-29)34-33(35(43)41-28-11-5-4-6-12-28)23(2)40-37-42(34)36(44)32(47-37)20-24-13-18-31(30(38)19-24)46-22-27-10-8-7-9-26(27)21-39/h4-20,34H,3,22H2,1-2H3,(H,41,43)/b32-20+/t34-/m0/s1. The van der Waals surface area contributed by atoms with Crippen LogP contribution in [-0.4, -0.2) is 17.1 Å². The van der Waals surface area contributed by atoms with Crippen LogP contribution in [0.15, 0.2) is 123 Å². The largest absolute Gasteiger partial charge is 0.494 e. The third kappa shape index (κ3) is 6.82. The molecule has 4 aromatic carbocycles. The van der Waals surface area contributed by atoms with Crippen LogP contribution in [0.5, 0.6) is 11.5 Å². The van der Waals surface area contributed by atoms with Gasteiger partial charge in [-0.2, -0.15) is 5.26 Å². The van der Waals surface area contributed by atoms with Gasteiger partial charge in [0.25, 0.3) is 11.5 Å². The van der Waals surface area contributed by atoms with Crippen molar-refractivity contribution in [2.24, 2.45) is 4.99 Å². The van der Waals surface area contributed by atoms with Gasteiger partial charge < -0.3 is 14.8 Å². The van der Waals surface area contributed by atoms with Crippen LogP contribution in [-0.2, 0) is 11.4 Å². The first-order chi connectivity index (χ1) is 22.9. The van der Waals surface area contributed by atoms with Gasteiger partial charge in [0.05, 0.1) is 44.6 Å². The first-order valence-electron chi connectivity index (χ1n) is 14.9. The van der Waals surface area contributed by atoms with Crippen LogP contribution in [0.4, 0.5) is 5.69 Å². The Kier molecular flexibility index (Phi) is 9.47. The minimum Gasteiger partial charge on any atom is -0.494 e. The lowest BCUT2D eigenvalue weighted by Crippen LogP contribution is -2.40. The monoisotopic (exact) mass is 704 g/mol. The van der Waals surface area contributed by atoms with Crippen LogP contribution >= 0.6 is 27.3 Å². The van der Waals surface area contributed by atoms with Crippen LogP contribution in [0, 0.1) is 11.3 Å². The van der Waals surface area contributed by atoms with Gasteiger partial charge in [0, 0.05) is 11.3 Å². The zero-order valence-electron chi connectivity index (χ0n) is 25.6. The number of nitriles is 1. The number of carbonyl (C=O) groups excluding carboxylic acids is 1. The molecule has 0 radical (unpaired) electrons. The smallest absolute Gasteiger partial charge is 0.271 e. The number of benzene rings is 4. The van der Waals surface area contributed by atoms with Crippen molar-refractivity contribution in [1.82, 2.24) is 4.57 Å². The summed E-state index contributed by atoms with van der Waals surface area (Å²) in [5.41, 5.74) is 4.21. The molecule has 0 saturated heterocycles. The number of nitrogens with zero attached hydrogens (tertiary/aromatic N) is 3. The Morgan fingerprint density at radius 3 is 2.51 bits per heavy atom. The summed E-state index contributed by atoms with van der Waals surface area (Å²) in [7, 11) is 0. The molecule has 6 rings (SSSR count). The number of rotatable bonds is 9. The lowest BCUT2D eigenvalue weighted by Gasteiger charge is -2.25. The molecular formula is C37H29BrN4O4S. The highest BCUT2D eigenvalue weighted by molar-refractivity contribution is 9.10. The molecule has 8 nitrogen and oxygen atoms in total. The van der Waals surface area contributed by atoms with Crippen molar-refractivity contribution in [2.75, 3.05) is 11.9 Å². The number of allylic oxidation sites excluding steroid dienone is 1. The Bertz CT molecular complexity index is 2220. The highest BCUT2D eigenvalue weighted by Crippen LogP contribution is 2.32. The van der Waals surface area contributed by atoms with Crippen LogP contribution in [0.1, 0.15) is 42.1 Å². The number of amides is 1. The molecule has 1 amide bonds. The summed E-state index contributed by atoms with van der Waals surface area (Å²) in [6, 6.07) is 31.0. The quantitative estimate of drug-likeness (QED) is 0.189. The van der Waals surface area contributed by atoms with Gasteiger partial charge in [0.15, 0.2) is 4.80 Å². The van der Waals surface area contributed by atoms with Gasteiger partial charge in [-0.05, 0) is 89.4 Å². The molecule has 234 valence electrons. The second-order valence-corrected chi connectivity index (χ2v) is 12.5. The number of fused-ring (bicyclic) bond motifs is 1. The number of thiazole rings is 1. The van der Waals surface area contributed by atoms with E-state index in [1.807, 2.05) is 104 Å². The molecule has 1 N–H and O–H groups in total. The van der Waals surface area contributed by atoms with Crippen molar-refractivity contribution in [3.05, 3.63) is 155 Å². The van der Waals surface area contributed by atoms with Gasteiger partial charge in [-0.1, -0.05) is 65.9 Å². The summed E-state index contributed by atoms with van der Waals surface area (Å²) in [5.74, 6) is 0.978. The fraction of sp³-hybridized carbons (Fsp3) is 0.135. The third-order valence-corrected chi connectivity index (χ3v) is 9.18. The number of carbonyl (C=O) groups is 1. The molecular weight excluding hydrogens is 676 g/mol. The molecule has 0 unspecified atom stereocenters. The van der Waals surface area contributed by atoms with E-state index in [9.17, 15) is 14.9 Å². The fourth-order valence-electron chi connectivity index (χ4n) is 5.35. The molecule has 0 aliphatic carbocycles. The van der Waals surface area contributed by atoms with Crippen LogP contribution in [0.25, 0.3) is 6.08 Å². The molecule has 0 fully saturated rings. The number of ether oxygens (including phenoxy) is 2.